The number of aliphatic hydroxyl groups excluding tert-OH is 1. The van der Waals surface area contributed by atoms with Crippen LogP contribution >= 0.6 is 0 Å². The number of rotatable bonds is 0. The summed E-state index contributed by atoms with van der Waals surface area (Å²) in [6.45, 7) is 7.37. The normalized spacial score (nSPS) is 51.2. The third kappa shape index (κ3) is 1.18. The van der Waals surface area contributed by atoms with Crippen LogP contribution in [0.1, 0.15) is 19.4 Å². The van der Waals surface area contributed by atoms with E-state index in [0.29, 0.717) is 0 Å². The maximum atomic E-state index is 13.0. The molecule has 4 bridgehead atoms. The van der Waals surface area contributed by atoms with Crippen LogP contribution in [0, 0.1) is 10.8 Å². The van der Waals surface area contributed by atoms with Crippen LogP contribution < -0.4 is 5.32 Å². The van der Waals surface area contributed by atoms with Gasteiger partial charge in [-0.2, -0.15) is 0 Å². The van der Waals surface area contributed by atoms with Gasteiger partial charge in [-0.3, -0.25) is 14.6 Å². The Hall–Kier alpha value is -1.43. The van der Waals surface area contributed by atoms with E-state index in [1.54, 1.807) is 0 Å². The Morgan fingerprint density at radius 3 is 2.23 bits per heavy atom. The zero-order valence-electron chi connectivity index (χ0n) is 13.0. The van der Waals surface area contributed by atoms with Crippen LogP contribution in [0.2, 0.25) is 0 Å². The molecule has 5 aliphatic heterocycles. The molecule has 0 radical (unpaired) electrons. The number of nitrogens with zero attached hydrogens (tertiary/aromatic N) is 2. The third-order valence-electron chi connectivity index (χ3n) is 6.31. The van der Waals surface area contributed by atoms with E-state index in [1.165, 1.54) is 0 Å². The van der Waals surface area contributed by atoms with Crippen molar-refractivity contribution in [3.63, 3.8) is 0 Å². The van der Waals surface area contributed by atoms with Gasteiger partial charge in [0.05, 0.1) is 6.10 Å². The molecular formula is C17H21N3O2. The van der Waals surface area contributed by atoms with Gasteiger partial charge in [0.15, 0.2) is 5.66 Å². The second-order valence-corrected chi connectivity index (χ2v) is 8.09. The molecule has 0 aromatic heterocycles. The maximum Gasteiger partial charge on any atom is 0.264 e. The molecule has 6 rings (SSSR count). The molecule has 1 spiro atoms. The molecule has 1 amide bonds. The van der Waals surface area contributed by atoms with Gasteiger partial charge in [-0.05, 0) is 6.07 Å². The molecule has 116 valence electrons. The predicted molar refractivity (Wildman–Crippen MR) is 82.1 cm³/mol. The van der Waals surface area contributed by atoms with Gasteiger partial charge in [-0.1, -0.05) is 32.0 Å². The molecular weight excluding hydrogens is 278 g/mol. The number of para-hydroxylation sites is 1. The molecule has 0 atom stereocenters. The molecule has 4 fully saturated rings. The number of carbonyl (C=O) groups is 1. The smallest absolute Gasteiger partial charge is 0.264 e. The van der Waals surface area contributed by atoms with Crippen LogP contribution in [0.4, 0.5) is 5.69 Å². The quantitative estimate of drug-likeness (QED) is 0.744. The number of fused-ring (bicyclic) bond motifs is 1. The Bertz CT molecular complexity index is 663. The number of anilines is 1. The van der Waals surface area contributed by atoms with E-state index in [1.807, 2.05) is 18.2 Å². The molecule has 1 aromatic carbocycles. The van der Waals surface area contributed by atoms with Crippen molar-refractivity contribution >= 4 is 11.6 Å². The van der Waals surface area contributed by atoms with Crippen LogP contribution in [0.5, 0.6) is 0 Å². The summed E-state index contributed by atoms with van der Waals surface area (Å²) in [4.78, 5) is 17.6. The van der Waals surface area contributed by atoms with Crippen molar-refractivity contribution in [2.24, 2.45) is 10.8 Å². The van der Waals surface area contributed by atoms with Crippen LogP contribution in [0.15, 0.2) is 24.3 Å². The number of hydrogen-bond acceptors (Lipinski definition) is 4. The Labute approximate surface area is 129 Å². The predicted octanol–water partition coefficient (Wildman–Crippen LogP) is 0.810. The van der Waals surface area contributed by atoms with Crippen molar-refractivity contribution in [2.75, 3.05) is 31.5 Å². The minimum Gasteiger partial charge on any atom is -0.392 e. The van der Waals surface area contributed by atoms with Crippen LogP contribution in [0.3, 0.4) is 0 Å². The first-order chi connectivity index (χ1) is 10.4. The molecule has 0 saturated carbocycles. The summed E-state index contributed by atoms with van der Waals surface area (Å²) in [6.07, 6.45) is -0.301. The summed E-state index contributed by atoms with van der Waals surface area (Å²) >= 11 is 0. The molecule has 5 nitrogen and oxygen atoms in total. The lowest BCUT2D eigenvalue weighted by molar-refractivity contribution is -0.281. The van der Waals surface area contributed by atoms with E-state index >= 15 is 0 Å². The van der Waals surface area contributed by atoms with Crippen molar-refractivity contribution in [1.82, 2.24) is 9.80 Å². The molecule has 4 saturated heterocycles. The standard InChI is InChI=1S/C17H21N3O2/c1-15-7-19-9-16(2,13(15)21)10-20(8-15)17(19)11-5-3-4-6-12(11)18-14(17)22/h3-6,13,21H,7-10H2,1-2H3,(H,18,22). The number of aliphatic hydroxyl groups is 1. The lowest BCUT2D eigenvalue weighted by Gasteiger charge is -2.70. The third-order valence-corrected chi connectivity index (χ3v) is 6.31. The Kier molecular flexibility index (Phi) is 2.11. The summed E-state index contributed by atoms with van der Waals surface area (Å²) in [5, 5.41) is 13.9. The van der Waals surface area contributed by atoms with E-state index < -0.39 is 5.66 Å². The number of hydrogen-bond donors (Lipinski definition) is 2. The molecule has 0 unspecified atom stereocenters. The molecule has 5 heterocycles. The average molecular weight is 299 g/mol. The van der Waals surface area contributed by atoms with Crippen molar-refractivity contribution in [3.8, 4) is 0 Å². The molecule has 0 aliphatic carbocycles. The molecule has 22 heavy (non-hydrogen) atoms. The first-order valence-electron chi connectivity index (χ1n) is 7.99. The monoisotopic (exact) mass is 299 g/mol. The minimum absolute atomic E-state index is 0.0641. The lowest BCUT2D eigenvalue weighted by Crippen LogP contribution is -2.83. The Balaban J connectivity index is 1.72. The van der Waals surface area contributed by atoms with Gasteiger partial charge in [0, 0.05) is 48.3 Å². The van der Waals surface area contributed by atoms with Gasteiger partial charge in [-0.15, -0.1) is 0 Å². The van der Waals surface area contributed by atoms with Gasteiger partial charge >= 0.3 is 0 Å². The van der Waals surface area contributed by atoms with Crippen molar-refractivity contribution in [3.05, 3.63) is 29.8 Å². The summed E-state index contributed by atoms with van der Waals surface area (Å²) < 4.78 is 0. The fraction of sp³-hybridized carbons (Fsp3) is 0.588. The largest absolute Gasteiger partial charge is 0.392 e. The Morgan fingerprint density at radius 1 is 1.09 bits per heavy atom. The second-order valence-electron chi connectivity index (χ2n) is 8.09. The van der Waals surface area contributed by atoms with Crippen LogP contribution in [-0.4, -0.2) is 53.1 Å². The lowest BCUT2D eigenvalue weighted by atomic mass is 9.59. The van der Waals surface area contributed by atoms with Crippen molar-refractivity contribution in [2.45, 2.75) is 25.6 Å². The molecule has 1 aromatic rings. The molecule has 5 heteroatoms. The minimum atomic E-state index is -0.671. The van der Waals surface area contributed by atoms with Crippen LogP contribution in [-0.2, 0) is 10.5 Å². The highest BCUT2D eigenvalue weighted by atomic mass is 16.3. The zero-order valence-corrected chi connectivity index (χ0v) is 13.0. The summed E-state index contributed by atoms with van der Waals surface area (Å²) in [6, 6.07) is 8.02. The van der Waals surface area contributed by atoms with E-state index in [9.17, 15) is 9.90 Å². The van der Waals surface area contributed by atoms with Gasteiger partial charge < -0.3 is 10.4 Å². The molecule has 5 aliphatic rings. The highest BCUT2D eigenvalue weighted by Gasteiger charge is 2.70. The van der Waals surface area contributed by atoms with E-state index in [4.69, 9.17) is 0 Å². The summed E-state index contributed by atoms with van der Waals surface area (Å²) in [7, 11) is 0. The molecule has 2 N–H and O–H groups in total. The number of benzene rings is 1. The van der Waals surface area contributed by atoms with E-state index in [-0.39, 0.29) is 22.8 Å². The van der Waals surface area contributed by atoms with Gasteiger partial charge in [0.1, 0.15) is 0 Å². The maximum absolute atomic E-state index is 13.0. The average Bonchev–Trinajstić information content (AvgIpc) is 2.74. The van der Waals surface area contributed by atoms with Crippen molar-refractivity contribution in [1.29, 1.82) is 0 Å². The Morgan fingerprint density at radius 2 is 1.64 bits per heavy atom. The first kappa shape index (κ1) is 13.0. The SMILES string of the molecule is CC12CN3CC(C)(CN(C1)C31C(=O)Nc3ccccc31)C2O. The number of carbonyl (C=O) groups excluding carboxylic acids is 1. The van der Waals surface area contributed by atoms with Gasteiger partial charge in [-0.25, -0.2) is 0 Å². The number of nitrogens with one attached hydrogen (secondary N) is 1. The highest BCUT2D eigenvalue weighted by molar-refractivity contribution is 6.05. The fourth-order valence-electron chi connectivity index (χ4n) is 5.66. The van der Waals surface area contributed by atoms with E-state index in [2.05, 4.69) is 35.0 Å². The summed E-state index contributed by atoms with van der Waals surface area (Å²) in [5.74, 6) is 0.0641. The number of piperidine rings is 2. The number of amides is 1. The second kappa shape index (κ2) is 3.55. The summed E-state index contributed by atoms with van der Waals surface area (Å²) in [5.41, 5.74) is 1.01. The van der Waals surface area contributed by atoms with Gasteiger partial charge in [0.25, 0.3) is 5.91 Å². The van der Waals surface area contributed by atoms with Crippen LogP contribution in [0.25, 0.3) is 0 Å². The first-order valence-corrected chi connectivity index (χ1v) is 7.99. The fourth-order valence-corrected chi connectivity index (χ4v) is 5.66. The van der Waals surface area contributed by atoms with E-state index in [0.717, 1.165) is 37.4 Å². The topological polar surface area (TPSA) is 55.8 Å². The van der Waals surface area contributed by atoms with Gasteiger partial charge in [0.2, 0.25) is 0 Å². The zero-order chi connectivity index (χ0) is 15.3. The highest BCUT2D eigenvalue weighted by Crippen LogP contribution is 2.59. The van der Waals surface area contributed by atoms with Crippen molar-refractivity contribution < 1.29 is 9.90 Å².